The summed E-state index contributed by atoms with van der Waals surface area (Å²) >= 11 is 0. The maximum absolute atomic E-state index is 11.5. The van der Waals surface area contributed by atoms with Crippen LogP contribution in [-0.2, 0) is 16.6 Å². The lowest BCUT2D eigenvalue weighted by molar-refractivity contribution is 0.236. The van der Waals surface area contributed by atoms with Crippen LogP contribution in [-0.4, -0.2) is 19.6 Å². The van der Waals surface area contributed by atoms with Gasteiger partial charge >= 0.3 is 0 Å². The number of sulfonamides is 1. The van der Waals surface area contributed by atoms with Crippen LogP contribution in [0.25, 0.3) is 0 Å². The largest absolute Gasteiger partial charge is 0.446 e. The second-order valence-electron chi connectivity index (χ2n) is 3.15. The zero-order valence-electron chi connectivity index (χ0n) is 8.02. The maximum atomic E-state index is 11.5. The quantitative estimate of drug-likeness (QED) is 0.771. The molecule has 0 amide bonds. The summed E-state index contributed by atoms with van der Waals surface area (Å²) in [4.78, 5) is 0. The van der Waals surface area contributed by atoms with Gasteiger partial charge in [-0.25, -0.2) is 13.1 Å². The zero-order chi connectivity index (χ0) is 10.8. The highest BCUT2D eigenvalue weighted by atomic mass is 32.2. The van der Waals surface area contributed by atoms with E-state index >= 15 is 0 Å². The molecule has 0 saturated carbocycles. The smallest absolute Gasteiger partial charge is 0.274 e. The van der Waals surface area contributed by atoms with Crippen molar-refractivity contribution in [3.63, 3.8) is 0 Å². The number of aliphatic hydroxyl groups is 1. The van der Waals surface area contributed by atoms with Crippen LogP contribution in [0.15, 0.2) is 21.6 Å². The summed E-state index contributed by atoms with van der Waals surface area (Å²) in [5.41, 5.74) is 0. The molecule has 0 atom stereocenters. The Morgan fingerprint density at radius 3 is 2.57 bits per heavy atom. The van der Waals surface area contributed by atoms with Crippen molar-refractivity contribution in [2.45, 2.75) is 31.6 Å². The molecule has 1 aromatic rings. The summed E-state index contributed by atoms with van der Waals surface area (Å²) < 4.78 is 30.2. The van der Waals surface area contributed by atoms with E-state index in [0.717, 1.165) is 0 Å². The monoisotopic (exact) mass is 219 g/mol. The third kappa shape index (κ3) is 2.57. The average Bonchev–Trinajstić information content (AvgIpc) is 2.49. The molecule has 1 heterocycles. The summed E-state index contributed by atoms with van der Waals surface area (Å²) in [5.74, 6) is 0.231. The molecule has 0 saturated heterocycles. The highest BCUT2D eigenvalue weighted by Crippen LogP contribution is 2.13. The topological polar surface area (TPSA) is 79.5 Å². The standard InChI is InChI=1S/C8H13NO4S/c1-6(2)9-14(11,12)8-4-3-7(5-10)13-8/h3-4,6,9-10H,5H2,1-2H3. The summed E-state index contributed by atoms with van der Waals surface area (Å²) in [6.07, 6.45) is 0. The fourth-order valence-electron chi connectivity index (χ4n) is 0.956. The van der Waals surface area contributed by atoms with Gasteiger partial charge in [0.1, 0.15) is 12.4 Å². The van der Waals surface area contributed by atoms with Gasteiger partial charge in [0.25, 0.3) is 10.0 Å². The minimum absolute atomic E-state index is 0.171. The second kappa shape index (κ2) is 4.12. The van der Waals surface area contributed by atoms with Crippen molar-refractivity contribution in [1.82, 2.24) is 4.72 Å². The highest BCUT2D eigenvalue weighted by molar-refractivity contribution is 7.89. The van der Waals surface area contributed by atoms with Crippen molar-refractivity contribution in [2.24, 2.45) is 0 Å². The van der Waals surface area contributed by atoms with Gasteiger partial charge in [-0.3, -0.25) is 0 Å². The number of rotatable bonds is 4. The third-order valence-electron chi connectivity index (χ3n) is 1.45. The maximum Gasteiger partial charge on any atom is 0.274 e. The van der Waals surface area contributed by atoms with Gasteiger partial charge in [0.2, 0.25) is 5.09 Å². The van der Waals surface area contributed by atoms with Gasteiger partial charge in [0.15, 0.2) is 0 Å². The van der Waals surface area contributed by atoms with Crippen LogP contribution in [0.5, 0.6) is 0 Å². The van der Waals surface area contributed by atoms with Crippen LogP contribution in [0.3, 0.4) is 0 Å². The molecule has 0 aliphatic rings. The molecular formula is C8H13NO4S. The van der Waals surface area contributed by atoms with Gasteiger partial charge in [-0.15, -0.1) is 0 Å². The predicted octanol–water partition coefficient (Wildman–Crippen LogP) is 0.459. The first kappa shape index (κ1) is 11.2. The Morgan fingerprint density at radius 1 is 1.50 bits per heavy atom. The summed E-state index contributed by atoms with van der Waals surface area (Å²) in [6, 6.07) is 2.55. The first-order chi connectivity index (χ1) is 6.45. The number of furan rings is 1. The van der Waals surface area contributed by atoms with Crippen LogP contribution >= 0.6 is 0 Å². The number of nitrogens with one attached hydrogen (secondary N) is 1. The molecule has 0 fully saturated rings. The average molecular weight is 219 g/mol. The van der Waals surface area contributed by atoms with Crippen LogP contribution in [0.4, 0.5) is 0 Å². The van der Waals surface area contributed by atoms with Crippen LogP contribution in [0, 0.1) is 0 Å². The minimum atomic E-state index is -3.58. The van der Waals surface area contributed by atoms with Gasteiger partial charge in [0.05, 0.1) is 0 Å². The molecule has 0 radical (unpaired) electrons. The van der Waals surface area contributed by atoms with Crippen molar-refractivity contribution in [3.05, 3.63) is 17.9 Å². The molecule has 1 rings (SSSR count). The molecule has 14 heavy (non-hydrogen) atoms. The second-order valence-corrected chi connectivity index (χ2v) is 4.80. The van der Waals surface area contributed by atoms with Crippen molar-refractivity contribution in [3.8, 4) is 0 Å². The first-order valence-corrected chi connectivity index (χ1v) is 5.66. The zero-order valence-corrected chi connectivity index (χ0v) is 8.84. The Morgan fingerprint density at radius 2 is 2.14 bits per heavy atom. The lowest BCUT2D eigenvalue weighted by Crippen LogP contribution is -2.29. The van der Waals surface area contributed by atoms with Crippen LogP contribution in [0.2, 0.25) is 0 Å². The Balaban J connectivity index is 2.93. The van der Waals surface area contributed by atoms with E-state index in [1.807, 2.05) is 0 Å². The Kier molecular flexibility index (Phi) is 3.30. The fourth-order valence-corrected chi connectivity index (χ4v) is 2.16. The molecule has 6 heteroatoms. The van der Waals surface area contributed by atoms with E-state index in [-0.39, 0.29) is 23.5 Å². The van der Waals surface area contributed by atoms with Crippen molar-refractivity contribution < 1.29 is 17.9 Å². The first-order valence-electron chi connectivity index (χ1n) is 4.17. The van der Waals surface area contributed by atoms with E-state index in [9.17, 15) is 8.42 Å². The van der Waals surface area contributed by atoms with Gasteiger partial charge in [-0.1, -0.05) is 0 Å². The van der Waals surface area contributed by atoms with E-state index < -0.39 is 10.0 Å². The van der Waals surface area contributed by atoms with Crippen molar-refractivity contribution >= 4 is 10.0 Å². The lowest BCUT2D eigenvalue weighted by atomic mass is 10.4. The number of aliphatic hydroxyl groups excluding tert-OH is 1. The SMILES string of the molecule is CC(C)NS(=O)(=O)c1ccc(CO)o1. The predicted molar refractivity (Wildman–Crippen MR) is 50.1 cm³/mol. The molecule has 0 aromatic carbocycles. The molecule has 0 bridgehead atoms. The molecule has 0 spiro atoms. The van der Waals surface area contributed by atoms with Gasteiger partial charge in [-0.05, 0) is 26.0 Å². The molecule has 80 valence electrons. The summed E-state index contributed by atoms with van der Waals surface area (Å²) in [5, 5.41) is 8.52. The van der Waals surface area contributed by atoms with Crippen LogP contribution < -0.4 is 4.72 Å². The fraction of sp³-hybridized carbons (Fsp3) is 0.500. The van der Waals surface area contributed by atoms with Crippen LogP contribution in [0.1, 0.15) is 19.6 Å². The highest BCUT2D eigenvalue weighted by Gasteiger charge is 2.19. The van der Waals surface area contributed by atoms with E-state index in [0.29, 0.717) is 0 Å². The number of hydrogen-bond donors (Lipinski definition) is 2. The molecule has 0 aliphatic heterocycles. The summed E-state index contributed by atoms with van der Waals surface area (Å²) in [6.45, 7) is 3.12. The normalized spacial score (nSPS) is 12.3. The molecule has 2 N–H and O–H groups in total. The minimum Gasteiger partial charge on any atom is -0.446 e. The molecule has 0 unspecified atom stereocenters. The molecular weight excluding hydrogens is 206 g/mol. The number of hydrogen-bond acceptors (Lipinski definition) is 4. The Bertz CT molecular complexity index is 393. The lowest BCUT2D eigenvalue weighted by Gasteiger charge is -2.06. The Hall–Kier alpha value is -0.850. The van der Waals surface area contributed by atoms with Gasteiger partial charge in [0, 0.05) is 6.04 Å². The van der Waals surface area contributed by atoms with E-state index in [4.69, 9.17) is 9.52 Å². The summed E-state index contributed by atoms with van der Waals surface area (Å²) in [7, 11) is -3.58. The Labute approximate surface area is 82.8 Å². The van der Waals surface area contributed by atoms with Crippen molar-refractivity contribution in [2.75, 3.05) is 0 Å². The molecule has 5 nitrogen and oxygen atoms in total. The van der Waals surface area contributed by atoms with E-state index in [1.54, 1.807) is 13.8 Å². The van der Waals surface area contributed by atoms with Gasteiger partial charge in [-0.2, -0.15) is 0 Å². The van der Waals surface area contributed by atoms with E-state index in [1.165, 1.54) is 12.1 Å². The van der Waals surface area contributed by atoms with E-state index in [2.05, 4.69) is 4.72 Å². The molecule has 0 aliphatic carbocycles. The van der Waals surface area contributed by atoms with Crippen molar-refractivity contribution in [1.29, 1.82) is 0 Å². The third-order valence-corrected chi connectivity index (χ3v) is 2.98. The van der Waals surface area contributed by atoms with Gasteiger partial charge < -0.3 is 9.52 Å². The molecule has 1 aromatic heterocycles.